The summed E-state index contributed by atoms with van der Waals surface area (Å²) in [6.07, 6.45) is 1.45. The highest BCUT2D eigenvalue weighted by atomic mass is 32.1. The summed E-state index contributed by atoms with van der Waals surface area (Å²) in [5.41, 5.74) is 1.39. The van der Waals surface area contributed by atoms with Crippen LogP contribution in [0.1, 0.15) is 48.6 Å². The first kappa shape index (κ1) is 14.7. The van der Waals surface area contributed by atoms with Gasteiger partial charge in [-0.3, -0.25) is 0 Å². The minimum atomic E-state index is 0.295. The van der Waals surface area contributed by atoms with Crippen LogP contribution in [0.2, 0.25) is 0 Å². The van der Waals surface area contributed by atoms with E-state index in [0.29, 0.717) is 12.1 Å². The van der Waals surface area contributed by atoms with Crippen molar-refractivity contribution >= 4 is 11.3 Å². The van der Waals surface area contributed by atoms with Gasteiger partial charge in [-0.15, -0.1) is 11.3 Å². The Balaban J connectivity index is 2.67. The molecule has 0 fully saturated rings. The number of thiophene rings is 1. The lowest BCUT2D eigenvalue weighted by molar-refractivity contribution is 0.0618. The average molecular weight is 255 g/mol. The number of rotatable bonds is 7. The van der Waals surface area contributed by atoms with Crippen LogP contribution >= 0.6 is 11.3 Å². The van der Waals surface area contributed by atoms with Gasteiger partial charge in [0.05, 0.1) is 18.8 Å². The van der Waals surface area contributed by atoms with Crippen molar-refractivity contribution in [2.24, 2.45) is 0 Å². The van der Waals surface area contributed by atoms with E-state index in [1.54, 1.807) is 0 Å². The van der Waals surface area contributed by atoms with Crippen LogP contribution < -0.4 is 5.32 Å². The lowest BCUT2D eigenvalue weighted by Gasteiger charge is -2.18. The summed E-state index contributed by atoms with van der Waals surface area (Å²) >= 11 is 1.88. The van der Waals surface area contributed by atoms with Crippen LogP contribution in [0.4, 0.5) is 0 Å². The van der Waals surface area contributed by atoms with Crippen molar-refractivity contribution in [3.8, 4) is 0 Å². The molecular formula is C14H25NOS. The summed E-state index contributed by atoms with van der Waals surface area (Å²) in [6.45, 7) is 12.5. The highest BCUT2D eigenvalue weighted by Gasteiger charge is 2.15. The normalized spacial score (nSPS) is 13.3. The van der Waals surface area contributed by atoms with Gasteiger partial charge < -0.3 is 10.1 Å². The Kier molecular flexibility index (Phi) is 6.17. The van der Waals surface area contributed by atoms with Crippen molar-refractivity contribution in [2.75, 3.05) is 13.2 Å². The fraction of sp³-hybridized carbons (Fsp3) is 0.714. The maximum Gasteiger partial charge on any atom is 0.0672 e. The predicted molar refractivity (Wildman–Crippen MR) is 75.9 cm³/mol. The Hall–Kier alpha value is -0.380. The summed E-state index contributed by atoms with van der Waals surface area (Å²) in [7, 11) is 0. The van der Waals surface area contributed by atoms with Crippen LogP contribution in [0.3, 0.4) is 0 Å². The zero-order valence-corrected chi connectivity index (χ0v) is 12.5. The first-order valence-corrected chi connectivity index (χ1v) is 7.28. The molecule has 17 heavy (non-hydrogen) atoms. The molecule has 1 rings (SSSR count). The van der Waals surface area contributed by atoms with E-state index in [0.717, 1.165) is 19.6 Å². The van der Waals surface area contributed by atoms with Crippen molar-refractivity contribution in [1.29, 1.82) is 0 Å². The summed E-state index contributed by atoms with van der Waals surface area (Å²) in [4.78, 5) is 2.81. The van der Waals surface area contributed by atoms with E-state index in [2.05, 4.69) is 46.0 Å². The van der Waals surface area contributed by atoms with Crippen LogP contribution in [0.5, 0.6) is 0 Å². The van der Waals surface area contributed by atoms with Crippen LogP contribution in [0.15, 0.2) is 6.07 Å². The molecule has 2 nitrogen and oxygen atoms in total. The lowest BCUT2D eigenvalue weighted by Crippen LogP contribution is -2.26. The Morgan fingerprint density at radius 1 is 1.35 bits per heavy atom. The van der Waals surface area contributed by atoms with Crippen LogP contribution in [0, 0.1) is 13.8 Å². The molecule has 1 atom stereocenters. The smallest absolute Gasteiger partial charge is 0.0672 e. The highest BCUT2D eigenvalue weighted by molar-refractivity contribution is 7.12. The number of hydrogen-bond acceptors (Lipinski definition) is 3. The number of hydrogen-bond donors (Lipinski definition) is 1. The van der Waals surface area contributed by atoms with Gasteiger partial charge in [0.15, 0.2) is 0 Å². The molecule has 0 aliphatic carbocycles. The van der Waals surface area contributed by atoms with Gasteiger partial charge in [0.2, 0.25) is 0 Å². The minimum absolute atomic E-state index is 0.295. The average Bonchev–Trinajstić information content (AvgIpc) is 2.59. The maximum absolute atomic E-state index is 5.75. The summed E-state index contributed by atoms with van der Waals surface area (Å²) < 4.78 is 5.75. The van der Waals surface area contributed by atoms with Crippen molar-refractivity contribution < 1.29 is 4.74 Å². The number of aryl methyl sites for hydroxylation is 2. The molecule has 1 aromatic heterocycles. The standard InChI is InChI=1S/C14H25NOS/c1-6-7-15-13(9-16-10(2)3)14-8-11(4)12(5)17-14/h8,10,13,15H,6-7,9H2,1-5H3. The topological polar surface area (TPSA) is 21.3 Å². The van der Waals surface area contributed by atoms with E-state index in [9.17, 15) is 0 Å². The second-order valence-electron chi connectivity index (χ2n) is 4.78. The van der Waals surface area contributed by atoms with Crippen LogP contribution in [0.25, 0.3) is 0 Å². The molecule has 98 valence electrons. The minimum Gasteiger partial charge on any atom is -0.377 e. The monoisotopic (exact) mass is 255 g/mol. The van der Waals surface area contributed by atoms with Gasteiger partial charge in [0.25, 0.3) is 0 Å². The first-order valence-electron chi connectivity index (χ1n) is 6.46. The first-order chi connectivity index (χ1) is 8.04. The van der Waals surface area contributed by atoms with Crippen molar-refractivity contribution in [3.05, 3.63) is 21.4 Å². The van der Waals surface area contributed by atoms with Gasteiger partial charge in [-0.2, -0.15) is 0 Å². The van der Waals surface area contributed by atoms with Gasteiger partial charge in [-0.05, 0) is 52.3 Å². The second kappa shape index (κ2) is 7.14. The zero-order chi connectivity index (χ0) is 12.8. The van der Waals surface area contributed by atoms with Crippen molar-refractivity contribution in [3.63, 3.8) is 0 Å². The third kappa shape index (κ3) is 4.78. The van der Waals surface area contributed by atoms with E-state index in [-0.39, 0.29) is 0 Å². The molecule has 0 saturated carbocycles. The molecule has 1 unspecified atom stereocenters. The quantitative estimate of drug-likeness (QED) is 0.799. The molecule has 0 aromatic carbocycles. The molecule has 0 spiro atoms. The lowest BCUT2D eigenvalue weighted by atomic mass is 10.2. The Labute approximate surface area is 109 Å². The molecule has 0 aliphatic heterocycles. The van der Waals surface area contributed by atoms with E-state index in [1.165, 1.54) is 15.3 Å². The summed E-state index contributed by atoms with van der Waals surface area (Å²) in [5.74, 6) is 0. The molecule has 0 bridgehead atoms. The van der Waals surface area contributed by atoms with Crippen LogP contribution in [-0.2, 0) is 4.74 Å². The van der Waals surface area contributed by atoms with Gasteiger partial charge >= 0.3 is 0 Å². The van der Waals surface area contributed by atoms with E-state index >= 15 is 0 Å². The third-order valence-electron chi connectivity index (χ3n) is 2.77. The van der Waals surface area contributed by atoms with Crippen molar-refractivity contribution in [1.82, 2.24) is 5.32 Å². The summed E-state index contributed by atoms with van der Waals surface area (Å²) in [6, 6.07) is 2.63. The molecule has 1 heterocycles. The van der Waals surface area contributed by atoms with Crippen molar-refractivity contribution in [2.45, 2.75) is 53.2 Å². The Morgan fingerprint density at radius 2 is 2.06 bits per heavy atom. The van der Waals surface area contributed by atoms with E-state index < -0.39 is 0 Å². The van der Waals surface area contributed by atoms with Crippen LogP contribution in [-0.4, -0.2) is 19.3 Å². The summed E-state index contributed by atoms with van der Waals surface area (Å²) in [5, 5.41) is 3.57. The van der Waals surface area contributed by atoms with Gasteiger partial charge in [-0.1, -0.05) is 6.92 Å². The molecule has 1 N–H and O–H groups in total. The molecule has 0 aliphatic rings. The Morgan fingerprint density at radius 3 is 2.53 bits per heavy atom. The van der Waals surface area contributed by atoms with Gasteiger partial charge in [0.1, 0.15) is 0 Å². The molecule has 0 radical (unpaired) electrons. The molecule has 0 saturated heterocycles. The highest BCUT2D eigenvalue weighted by Crippen LogP contribution is 2.27. The second-order valence-corrected chi connectivity index (χ2v) is 6.06. The van der Waals surface area contributed by atoms with Gasteiger partial charge in [-0.25, -0.2) is 0 Å². The molecule has 3 heteroatoms. The molecule has 0 amide bonds. The largest absolute Gasteiger partial charge is 0.377 e. The fourth-order valence-corrected chi connectivity index (χ4v) is 2.73. The van der Waals surface area contributed by atoms with Gasteiger partial charge in [0, 0.05) is 9.75 Å². The number of nitrogens with one attached hydrogen (secondary N) is 1. The predicted octanol–water partition coefficient (Wildman–Crippen LogP) is 3.83. The van der Waals surface area contributed by atoms with E-state index in [1.807, 2.05) is 11.3 Å². The van der Waals surface area contributed by atoms with E-state index in [4.69, 9.17) is 4.74 Å². The molecular weight excluding hydrogens is 230 g/mol. The maximum atomic E-state index is 5.75. The zero-order valence-electron chi connectivity index (χ0n) is 11.7. The fourth-order valence-electron chi connectivity index (χ4n) is 1.62. The number of ether oxygens (including phenoxy) is 1. The SMILES string of the molecule is CCCNC(COC(C)C)c1cc(C)c(C)s1. The third-order valence-corrected chi connectivity index (χ3v) is 4.03. The molecule has 1 aromatic rings. The Bertz CT molecular complexity index is 313.